The Morgan fingerprint density at radius 3 is 2.53 bits per heavy atom. The van der Waals surface area contributed by atoms with Gasteiger partial charge in [0.25, 0.3) is 0 Å². The van der Waals surface area contributed by atoms with Gasteiger partial charge in [-0.1, -0.05) is 0 Å². The number of imidazole rings is 1. The minimum atomic E-state index is 0.890. The molecule has 0 aliphatic heterocycles. The highest BCUT2D eigenvalue weighted by molar-refractivity contribution is 5.80. The minimum absolute atomic E-state index is 0.890. The van der Waals surface area contributed by atoms with Crippen LogP contribution in [0.5, 0.6) is 0 Å². The average molecular weight is 253 g/mol. The third kappa shape index (κ3) is 1.93. The highest BCUT2D eigenvalue weighted by atomic mass is 15.3. The second kappa shape index (κ2) is 4.35. The van der Waals surface area contributed by atoms with Gasteiger partial charge in [0.1, 0.15) is 5.52 Å². The smallest absolute Gasteiger partial charge is 0.206 e. The zero-order valence-electron chi connectivity index (χ0n) is 11.2. The van der Waals surface area contributed by atoms with E-state index in [0.29, 0.717) is 0 Å². The van der Waals surface area contributed by atoms with Gasteiger partial charge in [0.05, 0.1) is 0 Å². The van der Waals surface area contributed by atoms with Crippen LogP contribution in [0.25, 0.3) is 22.3 Å². The molecular formula is C14H15N5. The first-order valence-electron chi connectivity index (χ1n) is 6.07. The van der Waals surface area contributed by atoms with Gasteiger partial charge in [-0.05, 0) is 23.8 Å². The summed E-state index contributed by atoms with van der Waals surface area (Å²) in [5.74, 6) is 0.898. The standard InChI is InChI=1S/C14H15N5/c1-18(2)14-17-12-8-11(9-16-13(12)19(14)3)10-4-6-15-7-5-10/h4-9H,1-3H3. The Morgan fingerprint density at radius 2 is 1.84 bits per heavy atom. The molecule has 3 aromatic rings. The predicted octanol–water partition coefficient (Wildman–Crippen LogP) is 2.10. The highest BCUT2D eigenvalue weighted by Crippen LogP contribution is 2.24. The zero-order chi connectivity index (χ0) is 13.4. The van der Waals surface area contributed by atoms with Crippen LogP contribution < -0.4 is 4.90 Å². The lowest BCUT2D eigenvalue weighted by molar-refractivity contribution is 0.880. The number of aryl methyl sites for hydroxylation is 1. The molecule has 0 fully saturated rings. The van der Waals surface area contributed by atoms with Crippen molar-refractivity contribution in [3.63, 3.8) is 0 Å². The summed E-state index contributed by atoms with van der Waals surface area (Å²) >= 11 is 0. The Balaban J connectivity index is 2.17. The normalized spacial score (nSPS) is 10.9. The second-order valence-electron chi connectivity index (χ2n) is 4.67. The van der Waals surface area contributed by atoms with Gasteiger partial charge in [0.2, 0.25) is 5.95 Å². The second-order valence-corrected chi connectivity index (χ2v) is 4.67. The Morgan fingerprint density at radius 1 is 1.11 bits per heavy atom. The Labute approximate surface area is 111 Å². The van der Waals surface area contributed by atoms with E-state index in [-0.39, 0.29) is 0 Å². The molecule has 3 rings (SSSR count). The zero-order valence-corrected chi connectivity index (χ0v) is 11.2. The van der Waals surface area contributed by atoms with Crippen molar-refractivity contribution in [3.8, 4) is 11.1 Å². The SMILES string of the molecule is CN(C)c1nc2cc(-c3ccncc3)cnc2n1C. The largest absolute Gasteiger partial charge is 0.348 e. The van der Waals surface area contributed by atoms with Gasteiger partial charge in [-0.25, -0.2) is 9.97 Å². The lowest BCUT2D eigenvalue weighted by Crippen LogP contribution is -2.13. The van der Waals surface area contributed by atoms with E-state index < -0.39 is 0 Å². The molecule has 0 bridgehead atoms. The molecule has 0 saturated carbocycles. The molecule has 0 spiro atoms. The number of hydrogen-bond acceptors (Lipinski definition) is 4. The first-order chi connectivity index (χ1) is 9.16. The maximum atomic E-state index is 4.61. The molecule has 0 aromatic carbocycles. The fourth-order valence-corrected chi connectivity index (χ4v) is 2.17. The molecule has 0 atom stereocenters. The minimum Gasteiger partial charge on any atom is -0.348 e. The van der Waals surface area contributed by atoms with Crippen LogP contribution in [0.3, 0.4) is 0 Å². The molecule has 0 saturated heterocycles. The van der Waals surface area contributed by atoms with Gasteiger partial charge >= 0.3 is 0 Å². The quantitative estimate of drug-likeness (QED) is 0.701. The third-order valence-electron chi connectivity index (χ3n) is 3.10. The molecule has 0 aliphatic rings. The molecule has 0 N–H and O–H groups in total. The molecule has 0 aliphatic carbocycles. The molecule has 96 valence electrons. The van der Waals surface area contributed by atoms with Crippen molar-refractivity contribution in [2.75, 3.05) is 19.0 Å². The van der Waals surface area contributed by atoms with Gasteiger partial charge in [-0.2, -0.15) is 0 Å². The van der Waals surface area contributed by atoms with Crippen molar-refractivity contribution in [1.82, 2.24) is 19.5 Å². The molecule has 19 heavy (non-hydrogen) atoms. The number of fused-ring (bicyclic) bond motifs is 1. The predicted molar refractivity (Wildman–Crippen MR) is 76.1 cm³/mol. The van der Waals surface area contributed by atoms with E-state index in [1.54, 1.807) is 12.4 Å². The number of nitrogens with zero attached hydrogens (tertiary/aromatic N) is 5. The Hall–Kier alpha value is -2.43. The maximum absolute atomic E-state index is 4.61. The van der Waals surface area contributed by atoms with Crippen LogP contribution in [-0.4, -0.2) is 33.6 Å². The summed E-state index contributed by atoms with van der Waals surface area (Å²) in [4.78, 5) is 15.1. The van der Waals surface area contributed by atoms with Crippen LogP contribution in [0.4, 0.5) is 5.95 Å². The van der Waals surface area contributed by atoms with Gasteiger partial charge in [0, 0.05) is 45.3 Å². The molecule has 0 amide bonds. The van der Waals surface area contributed by atoms with E-state index in [1.807, 2.05) is 48.9 Å². The van der Waals surface area contributed by atoms with E-state index in [0.717, 1.165) is 28.2 Å². The van der Waals surface area contributed by atoms with Crippen LogP contribution in [-0.2, 0) is 7.05 Å². The molecule has 0 radical (unpaired) electrons. The topological polar surface area (TPSA) is 46.8 Å². The molecule has 5 nitrogen and oxygen atoms in total. The molecule has 5 heteroatoms. The number of aromatic nitrogens is 4. The summed E-state index contributed by atoms with van der Waals surface area (Å²) in [6, 6.07) is 6.00. The number of rotatable bonds is 2. The van der Waals surface area contributed by atoms with Crippen molar-refractivity contribution in [3.05, 3.63) is 36.8 Å². The van der Waals surface area contributed by atoms with E-state index in [9.17, 15) is 0 Å². The van der Waals surface area contributed by atoms with Crippen molar-refractivity contribution >= 4 is 17.1 Å². The molecule has 0 unspecified atom stereocenters. The Bertz CT molecular complexity index is 715. The summed E-state index contributed by atoms with van der Waals surface area (Å²) in [6.07, 6.45) is 5.44. The van der Waals surface area contributed by atoms with E-state index in [4.69, 9.17) is 0 Å². The first-order valence-corrected chi connectivity index (χ1v) is 6.07. The summed E-state index contributed by atoms with van der Waals surface area (Å²) < 4.78 is 1.99. The third-order valence-corrected chi connectivity index (χ3v) is 3.10. The molecule has 3 heterocycles. The van der Waals surface area contributed by atoms with Crippen LogP contribution in [0, 0.1) is 0 Å². The van der Waals surface area contributed by atoms with E-state index in [1.165, 1.54) is 0 Å². The van der Waals surface area contributed by atoms with E-state index >= 15 is 0 Å². The van der Waals surface area contributed by atoms with E-state index in [2.05, 4.69) is 21.0 Å². The number of hydrogen-bond donors (Lipinski definition) is 0. The number of anilines is 1. The highest BCUT2D eigenvalue weighted by Gasteiger charge is 2.11. The maximum Gasteiger partial charge on any atom is 0.206 e. The lowest BCUT2D eigenvalue weighted by atomic mass is 10.1. The van der Waals surface area contributed by atoms with Crippen molar-refractivity contribution in [2.45, 2.75) is 0 Å². The molecular weight excluding hydrogens is 238 g/mol. The summed E-state index contributed by atoms with van der Waals surface area (Å²) in [6.45, 7) is 0. The van der Waals surface area contributed by atoms with Gasteiger partial charge in [-0.3, -0.25) is 9.55 Å². The lowest BCUT2D eigenvalue weighted by Gasteiger charge is -2.10. The van der Waals surface area contributed by atoms with Crippen molar-refractivity contribution < 1.29 is 0 Å². The van der Waals surface area contributed by atoms with Crippen LogP contribution in [0.2, 0.25) is 0 Å². The first kappa shape index (κ1) is 11.6. The fourth-order valence-electron chi connectivity index (χ4n) is 2.17. The summed E-state index contributed by atoms with van der Waals surface area (Å²) in [5, 5.41) is 0. The van der Waals surface area contributed by atoms with Crippen molar-refractivity contribution in [2.24, 2.45) is 7.05 Å². The monoisotopic (exact) mass is 253 g/mol. The van der Waals surface area contributed by atoms with Crippen molar-refractivity contribution in [1.29, 1.82) is 0 Å². The van der Waals surface area contributed by atoms with Gasteiger partial charge < -0.3 is 4.90 Å². The number of pyridine rings is 2. The van der Waals surface area contributed by atoms with Gasteiger partial charge in [-0.15, -0.1) is 0 Å². The average Bonchev–Trinajstić information content (AvgIpc) is 2.77. The van der Waals surface area contributed by atoms with Crippen LogP contribution in [0.1, 0.15) is 0 Å². The van der Waals surface area contributed by atoms with Gasteiger partial charge in [0.15, 0.2) is 5.65 Å². The van der Waals surface area contributed by atoms with Crippen LogP contribution in [0.15, 0.2) is 36.8 Å². The fraction of sp³-hybridized carbons (Fsp3) is 0.214. The summed E-state index contributed by atoms with van der Waals surface area (Å²) in [5.41, 5.74) is 3.95. The Kier molecular flexibility index (Phi) is 2.67. The molecule has 3 aromatic heterocycles. The van der Waals surface area contributed by atoms with Crippen LogP contribution >= 0.6 is 0 Å². The summed E-state index contributed by atoms with van der Waals surface area (Å²) in [7, 11) is 5.93.